The molecule has 0 aromatic heterocycles. The van der Waals surface area contributed by atoms with Crippen LogP contribution in [0.4, 0.5) is 5.69 Å². The molecule has 1 amide bonds. The van der Waals surface area contributed by atoms with Crippen molar-refractivity contribution in [3.05, 3.63) is 29.8 Å². The Bertz CT molecular complexity index is 412. The van der Waals surface area contributed by atoms with Gasteiger partial charge in [0.2, 0.25) is 5.91 Å². The van der Waals surface area contributed by atoms with Crippen molar-refractivity contribution in [2.45, 2.75) is 38.3 Å². The van der Waals surface area contributed by atoms with E-state index in [-0.39, 0.29) is 5.91 Å². The topological polar surface area (TPSA) is 61.4 Å². The zero-order valence-electron chi connectivity index (χ0n) is 10.6. The van der Waals surface area contributed by atoms with Gasteiger partial charge in [0.05, 0.1) is 6.10 Å². The normalized spacial score (nSPS) is 20.7. The quantitative estimate of drug-likeness (QED) is 0.761. The number of aliphatic hydroxyl groups excluding tert-OH is 1. The zero-order chi connectivity index (χ0) is 13.0. The number of carbonyl (C=O) groups excluding carboxylic acids is 1. The lowest BCUT2D eigenvalue weighted by Gasteiger charge is -2.14. The van der Waals surface area contributed by atoms with E-state index in [1.54, 1.807) is 6.92 Å². The number of amides is 1. The first-order valence-electron chi connectivity index (χ1n) is 6.47. The summed E-state index contributed by atoms with van der Waals surface area (Å²) in [5, 5.41) is 15.8. The summed E-state index contributed by atoms with van der Waals surface area (Å²) in [6.07, 6.45) is 2.12. The first-order valence-corrected chi connectivity index (χ1v) is 6.47. The van der Waals surface area contributed by atoms with Crippen LogP contribution in [0.2, 0.25) is 0 Å². The SMILES string of the molecule is CC(O)c1ccccc1NC(=O)CC1CCCN1. The number of para-hydroxylation sites is 1. The van der Waals surface area contributed by atoms with Crippen molar-refractivity contribution in [3.8, 4) is 0 Å². The van der Waals surface area contributed by atoms with Crippen LogP contribution in [0.1, 0.15) is 37.9 Å². The van der Waals surface area contributed by atoms with Gasteiger partial charge in [-0.05, 0) is 32.4 Å². The van der Waals surface area contributed by atoms with E-state index in [1.165, 1.54) is 0 Å². The van der Waals surface area contributed by atoms with Gasteiger partial charge in [0.15, 0.2) is 0 Å². The molecule has 1 aromatic carbocycles. The lowest BCUT2D eigenvalue weighted by atomic mass is 10.1. The van der Waals surface area contributed by atoms with Gasteiger partial charge < -0.3 is 15.7 Å². The fraction of sp³-hybridized carbons (Fsp3) is 0.500. The minimum Gasteiger partial charge on any atom is -0.389 e. The Balaban J connectivity index is 1.97. The fourth-order valence-corrected chi connectivity index (χ4v) is 2.33. The van der Waals surface area contributed by atoms with Gasteiger partial charge in [0.1, 0.15) is 0 Å². The van der Waals surface area contributed by atoms with Gasteiger partial charge in [-0.25, -0.2) is 0 Å². The zero-order valence-corrected chi connectivity index (χ0v) is 10.6. The van der Waals surface area contributed by atoms with Crippen molar-refractivity contribution in [3.63, 3.8) is 0 Å². The Kier molecular flexibility index (Phi) is 4.33. The summed E-state index contributed by atoms with van der Waals surface area (Å²) >= 11 is 0. The van der Waals surface area contributed by atoms with E-state index in [0.717, 1.165) is 24.9 Å². The molecule has 1 fully saturated rings. The molecule has 0 radical (unpaired) electrons. The third-order valence-corrected chi connectivity index (χ3v) is 3.28. The third kappa shape index (κ3) is 3.31. The molecular weight excluding hydrogens is 228 g/mol. The van der Waals surface area contributed by atoms with Gasteiger partial charge in [0.25, 0.3) is 0 Å². The van der Waals surface area contributed by atoms with Gasteiger partial charge in [-0.15, -0.1) is 0 Å². The van der Waals surface area contributed by atoms with E-state index in [4.69, 9.17) is 0 Å². The van der Waals surface area contributed by atoms with Gasteiger partial charge in [-0.2, -0.15) is 0 Å². The molecule has 1 saturated heterocycles. The first-order chi connectivity index (χ1) is 8.66. The number of rotatable bonds is 4. The number of anilines is 1. The molecule has 2 atom stereocenters. The summed E-state index contributed by atoms with van der Waals surface area (Å²) in [4.78, 5) is 11.9. The highest BCUT2D eigenvalue weighted by atomic mass is 16.3. The van der Waals surface area contributed by atoms with Gasteiger partial charge in [-0.3, -0.25) is 4.79 Å². The van der Waals surface area contributed by atoms with E-state index in [1.807, 2.05) is 24.3 Å². The number of carbonyl (C=O) groups is 1. The molecule has 1 heterocycles. The van der Waals surface area contributed by atoms with E-state index < -0.39 is 6.10 Å². The maximum Gasteiger partial charge on any atom is 0.225 e. The summed E-state index contributed by atoms with van der Waals surface area (Å²) in [6, 6.07) is 7.66. The summed E-state index contributed by atoms with van der Waals surface area (Å²) in [7, 11) is 0. The lowest BCUT2D eigenvalue weighted by Crippen LogP contribution is -2.27. The molecule has 2 unspecified atom stereocenters. The summed E-state index contributed by atoms with van der Waals surface area (Å²) in [5.74, 6) is 0.00231. The number of nitrogens with one attached hydrogen (secondary N) is 2. The van der Waals surface area contributed by atoms with E-state index in [0.29, 0.717) is 18.2 Å². The first kappa shape index (κ1) is 13.1. The Morgan fingerprint density at radius 1 is 1.56 bits per heavy atom. The molecule has 98 valence electrons. The average molecular weight is 248 g/mol. The Morgan fingerprint density at radius 3 is 3.00 bits per heavy atom. The van der Waals surface area contributed by atoms with Crippen LogP contribution in [0.25, 0.3) is 0 Å². The van der Waals surface area contributed by atoms with Crippen LogP contribution < -0.4 is 10.6 Å². The molecule has 0 bridgehead atoms. The highest BCUT2D eigenvalue weighted by Crippen LogP contribution is 2.22. The maximum absolute atomic E-state index is 11.9. The minimum absolute atomic E-state index is 0.00231. The second kappa shape index (κ2) is 5.98. The predicted molar refractivity (Wildman–Crippen MR) is 71.3 cm³/mol. The van der Waals surface area contributed by atoms with E-state index >= 15 is 0 Å². The maximum atomic E-state index is 11.9. The van der Waals surface area contributed by atoms with Crippen molar-refractivity contribution in [2.24, 2.45) is 0 Å². The second-order valence-electron chi connectivity index (χ2n) is 4.81. The van der Waals surface area contributed by atoms with Gasteiger partial charge in [-0.1, -0.05) is 18.2 Å². The molecule has 4 nitrogen and oxygen atoms in total. The Hall–Kier alpha value is -1.39. The number of benzene rings is 1. The molecular formula is C14H20N2O2. The van der Waals surface area contributed by atoms with Gasteiger partial charge >= 0.3 is 0 Å². The number of hydrogen-bond donors (Lipinski definition) is 3. The lowest BCUT2D eigenvalue weighted by molar-refractivity contribution is -0.116. The van der Waals surface area contributed by atoms with Crippen LogP contribution in [-0.4, -0.2) is 23.6 Å². The smallest absolute Gasteiger partial charge is 0.225 e. The minimum atomic E-state index is -0.578. The molecule has 0 spiro atoms. The van der Waals surface area contributed by atoms with Crippen LogP contribution in [0, 0.1) is 0 Å². The van der Waals surface area contributed by atoms with Crippen molar-refractivity contribution < 1.29 is 9.90 Å². The molecule has 0 aliphatic carbocycles. The Morgan fingerprint density at radius 2 is 2.33 bits per heavy atom. The third-order valence-electron chi connectivity index (χ3n) is 3.28. The number of hydrogen-bond acceptors (Lipinski definition) is 3. The monoisotopic (exact) mass is 248 g/mol. The largest absolute Gasteiger partial charge is 0.389 e. The standard InChI is InChI=1S/C14H20N2O2/c1-10(17)12-6-2-3-7-13(12)16-14(18)9-11-5-4-8-15-11/h2-3,6-7,10-11,15,17H,4-5,8-9H2,1H3,(H,16,18). The molecule has 1 aromatic rings. The number of aliphatic hydroxyl groups is 1. The Labute approximate surface area is 107 Å². The average Bonchev–Trinajstić information content (AvgIpc) is 2.82. The van der Waals surface area contributed by atoms with Crippen molar-refractivity contribution in [2.75, 3.05) is 11.9 Å². The summed E-state index contributed by atoms with van der Waals surface area (Å²) in [5.41, 5.74) is 1.46. The highest BCUT2D eigenvalue weighted by Gasteiger charge is 2.18. The molecule has 1 aliphatic heterocycles. The van der Waals surface area contributed by atoms with Crippen molar-refractivity contribution >= 4 is 11.6 Å². The van der Waals surface area contributed by atoms with E-state index in [9.17, 15) is 9.90 Å². The van der Waals surface area contributed by atoms with Gasteiger partial charge in [0, 0.05) is 23.7 Å². The van der Waals surface area contributed by atoms with Crippen LogP contribution in [0.3, 0.4) is 0 Å². The fourth-order valence-electron chi connectivity index (χ4n) is 2.33. The van der Waals surface area contributed by atoms with Crippen LogP contribution in [0.15, 0.2) is 24.3 Å². The molecule has 3 N–H and O–H groups in total. The molecule has 4 heteroatoms. The van der Waals surface area contributed by atoms with Crippen LogP contribution >= 0.6 is 0 Å². The van der Waals surface area contributed by atoms with Crippen LogP contribution in [0.5, 0.6) is 0 Å². The summed E-state index contributed by atoms with van der Waals surface area (Å²) < 4.78 is 0. The molecule has 1 aliphatic rings. The predicted octanol–water partition coefficient (Wildman–Crippen LogP) is 1.82. The molecule has 2 rings (SSSR count). The molecule has 0 saturated carbocycles. The van der Waals surface area contributed by atoms with Crippen molar-refractivity contribution in [1.82, 2.24) is 5.32 Å². The summed E-state index contributed by atoms with van der Waals surface area (Å²) in [6.45, 7) is 2.70. The highest BCUT2D eigenvalue weighted by molar-refractivity contribution is 5.92. The van der Waals surface area contributed by atoms with Crippen molar-refractivity contribution in [1.29, 1.82) is 0 Å². The van der Waals surface area contributed by atoms with Crippen LogP contribution in [-0.2, 0) is 4.79 Å². The molecule has 18 heavy (non-hydrogen) atoms. The second-order valence-corrected chi connectivity index (χ2v) is 4.81. The van der Waals surface area contributed by atoms with E-state index in [2.05, 4.69) is 10.6 Å².